The van der Waals surface area contributed by atoms with Gasteiger partial charge in [0.1, 0.15) is 11.6 Å². The van der Waals surface area contributed by atoms with Crippen LogP contribution in [0.2, 0.25) is 0 Å². The van der Waals surface area contributed by atoms with E-state index in [1.54, 1.807) is 4.68 Å². The van der Waals surface area contributed by atoms with Crippen molar-refractivity contribution in [3.63, 3.8) is 0 Å². The molecule has 0 aliphatic carbocycles. The molecule has 2 heterocycles. The van der Waals surface area contributed by atoms with Crippen LogP contribution in [0.4, 0.5) is 8.78 Å². The molecule has 0 unspecified atom stereocenters. The lowest BCUT2D eigenvalue weighted by molar-refractivity contribution is 0.187. The summed E-state index contributed by atoms with van der Waals surface area (Å²) in [5, 5.41) is 4.53. The van der Waals surface area contributed by atoms with Crippen molar-refractivity contribution in [3.05, 3.63) is 53.4 Å². The van der Waals surface area contributed by atoms with Gasteiger partial charge in [-0.25, -0.2) is 8.78 Å². The first-order chi connectivity index (χ1) is 10.6. The second-order valence-corrected chi connectivity index (χ2v) is 6.03. The van der Waals surface area contributed by atoms with Gasteiger partial charge in [-0.05, 0) is 43.1 Å². The van der Waals surface area contributed by atoms with Crippen molar-refractivity contribution in [2.75, 3.05) is 6.54 Å². The Morgan fingerprint density at radius 2 is 1.91 bits per heavy atom. The maximum Gasteiger partial charge on any atom is 0.126 e. The van der Waals surface area contributed by atoms with Gasteiger partial charge in [0.05, 0.1) is 11.7 Å². The molecule has 0 saturated carbocycles. The summed E-state index contributed by atoms with van der Waals surface area (Å²) in [6.07, 6.45) is 6.45. The van der Waals surface area contributed by atoms with Crippen molar-refractivity contribution in [2.24, 2.45) is 7.05 Å². The number of benzene rings is 1. The number of likely N-dealkylation sites (tertiary alicyclic amines) is 1. The van der Waals surface area contributed by atoms with Crippen molar-refractivity contribution >= 4 is 0 Å². The van der Waals surface area contributed by atoms with Crippen LogP contribution in [0.3, 0.4) is 0 Å². The average molecular weight is 305 g/mol. The highest BCUT2D eigenvalue weighted by atomic mass is 19.1. The van der Waals surface area contributed by atoms with Crippen LogP contribution in [-0.4, -0.2) is 21.2 Å². The summed E-state index contributed by atoms with van der Waals surface area (Å²) < 4.78 is 28.6. The van der Waals surface area contributed by atoms with E-state index in [1.807, 2.05) is 19.3 Å². The molecule has 1 aromatic carbocycles. The summed E-state index contributed by atoms with van der Waals surface area (Å²) in [7, 11) is 1.91. The van der Waals surface area contributed by atoms with Gasteiger partial charge in [0.2, 0.25) is 0 Å². The molecule has 1 fully saturated rings. The van der Waals surface area contributed by atoms with E-state index in [-0.39, 0.29) is 6.04 Å². The van der Waals surface area contributed by atoms with Crippen molar-refractivity contribution in [3.8, 4) is 0 Å². The topological polar surface area (TPSA) is 21.1 Å². The molecule has 1 aliphatic rings. The minimum absolute atomic E-state index is 0.218. The Labute approximate surface area is 129 Å². The summed E-state index contributed by atoms with van der Waals surface area (Å²) in [5.41, 5.74) is 1.72. The highest BCUT2D eigenvalue weighted by Gasteiger charge is 2.24. The number of hydrogen-bond acceptors (Lipinski definition) is 2. The summed E-state index contributed by atoms with van der Waals surface area (Å²) in [6.45, 7) is 1.48. The quantitative estimate of drug-likeness (QED) is 0.859. The van der Waals surface area contributed by atoms with Gasteiger partial charge in [0.25, 0.3) is 0 Å². The Morgan fingerprint density at radius 3 is 2.59 bits per heavy atom. The Balaban J connectivity index is 1.84. The molecule has 0 radical (unpaired) electrons. The molecule has 5 heteroatoms. The molecule has 0 N–H and O–H groups in total. The molecule has 3 nitrogen and oxygen atoms in total. The highest BCUT2D eigenvalue weighted by molar-refractivity contribution is 5.18. The van der Waals surface area contributed by atoms with Gasteiger partial charge in [-0.2, -0.15) is 5.10 Å². The first-order valence-electron chi connectivity index (χ1n) is 7.80. The molecule has 1 atom stereocenters. The maximum absolute atomic E-state index is 13.4. The van der Waals surface area contributed by atoms with E-state index >= 15 is 0 Å². The fourth-order valence-electron chi connectivity index (χ4n) is 3.24. The number of halogens is 2. The standard InChI is InChI=1S/C17H21F2N3/c1-21-8-6-16(20-21)17-5-3-2-4-7-22(17)12-13-9-14(18)11-15(19)10-13/h6,8-11,17H,2-5,7,12H2,1H3/t17-/m0/s1. The van der Waals surface area contributed by atoms with E-state index in [1.165, 1.54) is 18.6 Å². The van der Waals surface area contributed by atoms with E-state index in [9.17, 15) is 8.78 Å². The second-order valence-electron chi connectivity index (χ2n) is 6.03. The van der Waals surface area contributed by atoms with Crippen LogP contribution in [0.1, 0.15) is 43.0 Å². The van der Waals surface area contributed by atoms with E-state index in [0.29, 0.717) is 12.1 Å². The van der Waals surface area contributed by atoms with Crippen LogP contribution in [-0.2, 0) is 13.6 Å². The van der Waals surface area contributed by atoms with E-state index in [0.717, 1.165) is 37.6 Å². The van der Waals surface area contributed by atoms with Gasteiger partial charge in [0, 0.05) is 25.9 Å². The Bertz CT molecular complexity index is 618. The van der Waals surface area contributed by atoms with Crippen LogP contribution >= 0.6 is 0 Å². The maximum atomic E-state index is 13.4. The van der Waals surface area contributed by atoms with Crippen molar-refractivity contribution < 1.29 is 8.78 Å². The zero-order valence-electron chi connectivity index (χ0n) is 12.8. The van der Waals surface area contributed by atoms with Gasteiger partial charge < -0.3 is 0 Å². The molecular weight excluding hydrogens is 284 g/mol. The fourth-order valence-corrected chi connectivity index (χ4v) is 3.24. The minimum Gasteiger partial charge on any atom is -0.290 e. The Kier molecular flexibility index (Phi) is 4.52. The van der Waals surface area contributed by atoms with Crippen molar-refractivity contribution in [1.82, 2.24) is 14.7 Å². The van der Waals surface area contributed by atoms with E-state index in [2.05, 4.69) is 10.00 Å². The first kappa shape index (κ1) is 15.2. The monoisotopic (exact) mass is 305 g/mol. The predicted molar refractivity (Wildman–Crippen MR) is 81.2 cm³/mol. The Morgan fingerprint density at radius 1 is 1.14 bits per heavy atom. The molecule has 0 bridgehead atoms. The van der Waals surface area contributed by atoms with Gasteiger partial charge >= 0.3 is 0 Å². The summed E-state index contributed by atoms with van der Waals surface area (Å²) in [4.78, 5) is 2.30. The smallest absolute Gasteiger partial charge is 0.126 e. The third-order valence-electron chi connectivity index (χ3n) is 4.25. The molecule has 0 spiro atoms. The van der Waals surface area contributed by atoms with Gasteiger partial charge in [-0.3, -0.25) is 9.58 Å². The zero-order valence-corrected chi connectivity index (χ0v) is 12.8. The second kappa shape index (κ2) is 6.57. The summed E-state index contributed by atoms with van der Waals surface area (Å²) in [5.74, 6) is -1.03. The minimum atomic E-state index is -0.515. The molecule has 2 aromatic rings. The lowest BCUT2D eigenvalue weighted by Crippen LogP contribution is -2.28. The number of hydrogen-bond donors (Lipinski definition) is 0. The zero-order chi connectivity index (χ0) is 15.5. The predicted octanol–water partition coefficient (Wildman–Crippen LogP) is 3.82. The molecule has 1 aliphatic heterocycles. The summed E-state index contributed by atoms with van der Waals surface area (Å²) >= 11 is 0. The van der Waals surface area contributed by atoms with Gasteiger partial charge in [-0.1, -0.05) is 12.8 Å². The largest absolute Gasteiger partial charge is 0.290 e. The highest BCUT2D eigenvalue weighted by Crippen LogP contribution is 2.30. The molecule has 1 saturated heterocycles. The molecule has 3 rings (SSSR count). The molecule has 22 heavy (non-hydrogen) atoms. The number of nitrogens with zero attached hydrogens (tertiary/aromatic N) is 3. The molecular formula is C17H21F2N3. The third-order valence-corrected chi connectivity index (χ3v) is 4.25. The van der Waals surface area contributed by atoms with E-state index in [4.69, 9.17) is 0 Å². The van der Waals surface area contributed by atoms with Crippen LogP contribution in [0.15, 0.2) is 30.5 Å². The number of aromatic nitrogens is 2. The molecule has 1 aromatic heterocycles. The normalized spacial score (nSPS) is 20.0. The number of aryl methyl sites for hydroxylation is 1. The van der Waals surface area contributed by atoms with E-state index < -0.39 is 11.6 Å². The van der Waals surface area contributed by atoms with Gasteiger partial charge in [0.15, 0.2) is 0 Å². The van der Waals surface area contributed by atoms with Crippen LogP contribution < -0.4 is 0 Å². The average Bonchev–Trinajstić information content (AvgIpc) is 2.74. The first-order valence-corrected chi connectivity index (χ1v) is 7.80. The van der Waals surface area contributed by atoms with Crippen LogP contribution in [0, 0.1) is 11.6 Å². The van der Waals surface area contributed by atoms with Crippen molar-refractivity contribution in [1.29, 1.82) is 0 Å². The van der Waals surface area contributed by atoms with Crippen LogP contribution in [0.25, 0.3) is 0 Å². The lowest BCUT2D eigenvalue weighted by Gasteiger charge is -2.28. The SMILES string of the molecule is Cn1ccc([C@@H]2CCCCCN2Cc2cc(F)cc(F)c2)n1. The molecule has 118 valence electrons. The lowest BCUT2D eigenvalue weighted by atomic mass is 10.1. The van der Waals surface area contributed by atoms with Gasteiger partial charge in [-0.15, -0.1) is 0 Å². The third kappa shape index (κ3) is 3.53. The van der Waals surface area contributed by atoms with Crippen molar-refractivity contribution in [2.45, 2.75) is 38.3 Å². The Hall–Kier alpha value is -1.75. The summed E-state index contributed by atoms with van der Waals surface area (Å²) in [6, 6.07) is 6.01. The molecule has 0 amide bonds. The van der Waals surface area contributed by atoms with Crippen LogP contribution in [0.5, 0.6) is 0 Å². The number of rotatable bonds is 3. The fraction of sp³-hybridized carbons (Fsp3) is 0.471.